The van der Waals surface area contributed by atoms with E-state index in [9.17, 15) is 13.2 Å². The van der Waals surface area contributed by atoms with Crippen molar-refractivity contribution in [2.24, 2.45) is 0 Å². The van der Waals surface area contributed by atoms with Crippen molar-refractivity contribution in [1.82, 2.24) is 0 Å². The Morgan fingerprint density at radius 2 is 1.34 bits per heavy atom. The maximum Gasteiger partial charge on any atom is 0.416 e. The molecule has 4 aromatic rings. The highest BCUT2D eigenvalue weighted by molar-refractivity contribution is 5.69. The van der Waals surface area contributed by atoms with Crippen molar-refractivity contribution in [3.8, 4) is 0 Å². The van der Waals surface area contributed by atoms with Gasteiger partial charge in [0.2, 0.25) is 0 Å². The van der Waals surface area contributed by atoms with Crippen molar-refractivity contribution >= 4 is 11.4 Å². The molecule has 3 nitrogen and oxygen atoms in total. The van der Waals surface area contributed by atoms with Crippen LogP contribution in [0.15, 0.2) is 97.1 Å². The molecular formula is C35H41F3N2O. The van der Waals surface area contributed by atoms with E-state index in [4.69, 9.17) is 4.74 Å². The molecule has 0 fully saturated rings. The van der Waals surface area contributed by atoms with E-state index in [0.717, 1.165) is 23.9 Å². The molecule has 0 unspecified atom stereocenters. The molecule has 0 aliphatic rings. The highest BCUT2D eigenvalue weighted by Gasteiger charge is 2.30. The maximum atomic E-state index is 13.0. The van der Waals surface area contributed by atoms with Crippen LogP contribution in [0.2, 0.25) is 0 Å². The first-order chi connectivity index (χ1) is 19.7. The molecule has 2 N–H and O–H groups in total. The molecule has 6 heteroatoms. The molecule has 0 amide bonds. The van der Waals surface area contributed by atoms with Gasteiger partial charge >= 0.3 is 6.18 Å². The second kappa shape index (κ2) is 15.9. The summed E-state index contributed by atoms with van der Waals surface area (Å²) in [5, 5.41) is 6.77. The Morgan fingerprint density at radius 1 is 0.732 bits per heavy atom. The highest BCUT2D eigenvalue weighted by atomic mass is 19.4. The van der Waals surface area contributed by atoms with Crippen molar-refractivity contribution in [3.63, 3.8) is 0 Å². The minimum Gasteiger partial charge on any atom is -0.383 e. The van der Waals surface area contributed by atoms with Crippen LogP contribution >= 0.6 is 0 Å². The lowest BCUT2D eigenvalue weighted by atomic mass is 10.0. The molecule has 0 spiro atoms. The van der Waals surface area contributed by atoms with Gasteiger partial charge in [-0.25, -0.2) is 0 Å². The minimum atomic E-state index is -4.35. The summed E-state index contributed by atoms with van der Waals surface area (Å²) in [5.41, 5.74) is 6.84. The van der Waals surface area contributed by atoms with Gasteiger partial charge in [0.1, 0.15) is 0 Å². The Balaban J connectivity index is 0.000000389. The number of benzene rings is 4. The van der Waals surface area contributed by atoms with E-state index in [0.29, 0.717) is 12.2 Å². The normalized spacial score (nSPS) is 11.8. The largest absolute Gasteiger partial charge is 0.416 e. The van der Waals surface area contributed by atoms with E-state index in [1.807, 2.05) is 24.3 Å². The number of para-hydroxylation sites is 2. The molecule has 0 aliphatic carbocycles. The number of hydrogen-bond acceptors (Lipinski definition) is 3. The van der Waals surface area contributed by atoms with Crippen LogP contribution in [0.3, 0.4) is 0 Å². The van der Waals surface area contributed by atoms with E-state index in [-0.39, 0.29) is 12.6 Å². The number of methoxy groups -OCH3 is 1. The smallest absolute Gasteiger partial charge is 0.383 e. The summed E-state index contributed by atoms with van der Waals surface area (Å²) < 4.78 is 44.3. The van der Waals surface area contributed by atoms with Crippen LogP contribution in [0, 0.1) is 13.8 Å². The van der Waals surface area contributed by atoms with Crippen molar-refractivity contribution in [2.75, 3.05) is 24.4 Å². The van der Waals surface area contributed by atoms with Gasteiger partial charge in [0.05, 0.1) is 29.6 Å². The van der Waals surface area contributed by atoms with Crippen LogP contribution in [0.5, 0.6) is 0 Å². The third kappa shape index (κ3) is 11.0. The van der Waals surface area contributed by atoms with Crippen LogP contribution in [0.1, 0.15) is 46.7 Å². The molecular weight excluding hydrogens is 521 g/mol. The summed E-state index contributed by atoms with van der Waals surface area (Å²) in [5.74, 6) is 0. The van der Waals surface area contributed by atoms with E-state index in [1.54, 1.807) is 13.2 Å². The molecule has 41 heavy (non-hydrogen) atoms. The number of ether oxygens (including phenoxy) is 1. The predicted molar refractivity (Wildman–Crippen MR) is 165 cm³/mol. The molecule has 0 aromatic heterocycles. The molecule has 0 aliphatic heterocycles. The van der Waals surface area contributed by atoms with Gasteiger partial charge < -0.3 is 15.4 Å². The zero-order chi connectivity index (χ0) is 29.7. The quantitative estimate of drug-likeness (QED) is 0.191. The van der Waals surface area contributed by atoms with Crippen molar-refractivity contribution < 1.29 is 17.9 Å². The molecule has 0 radical (unpaired) electrons. The molecule has 0 saturated heterocycles. The molecule has 4 rings (SSSR count). The summed E-state index contributed by atoms with van der Waals surface area (Å²) in [6.07, 6.45) is -1.11. The number of rotatable bonds is 11. The first kappa shape index (κ1) is 31.8. The van der Waals surface area contributed by atoms with Crippen LogP contribution in [-0.2, 0) is 30.3 Å². The van der Waals surface area contributed by atoms with Crippen LogP contribution in [0.25, 0.3) is 0 Å². The Morgan fingerprint density at radius 3 is 1.93 bits per heavy atom. The van der Waals surface area contributed by atoms with Crippen molar-refractivity contribution in [1.29, 1.82) is 0 Å². The Hall–Kier alpha value is -3.77. The minimum absolute atomic E-state index is 0.0456. The molecule has 0 saturated carbocycles. The third-order valence-electron chi connectivity index (χ3n) is 6.65. The van der Waals surface area contributed by atoms with Gasteiger partial charge in [-0.15, -0.1) is 0 Å². The van der Waals surface area contributed by atoms with Gasteiger partial charge in [-0.3, -0.25) is 0 Å². The summed E-state index contributed by atoms with van der Waals surface area (Å²) in [6.45, 7) is 7.20. The Bertz CT molecular complexity index is 1320. The molecule has 4 aromatic carbocycles. The molecule has 218 valence electrons. The fourth-order valence-corrected chi connectivity index (χ4v) is 4.44. The summed E-state index contributed by atoms with van der Waals surface area (Å²) in [7, 11) is 1.67. The van der Waals surface area contributed by atoms with Gasteiger partial charge in [0, 0.05) is 13.7 Å². The first-order valence-corrected chi connectivity index (χ1v) is 14.0. The Kier molecular flexibility index (Phi) is 12.3. The van der Waals surface area contributed by atoms with Crippen LogP contribution < -0.4 is 10.6 Å². The summed E-state index contributed by atoms with van der Waals surface area (Å²) in [4.78, 5) is 0. The van der Waals surface area contributed by atoms with Gasteiger partial charge in [-0.05, 0) is 67.6 Å². The first-order valence-electron chi connectivity index (χ1n) is 14.0. The lowest BCUT2D eigenvalue weighted by molar-refractivity contribution is -0.137. The highest BCUT2D eigenvalue weighted by Crippen LogP contribution is 2.30. The van der Waals surface area contributed by atoms with E-state index >= 15 is 0 Å². The number of nitrogens with one attached hydrogen (secondary N) is 2. The average molecular weight is 563 g/mol. The number of aryl methyl sites for hydroxylation is 3. The monoisotopic (exact) mass is 562 g/mol. The van der Waals surface area contributed by atoms with Crippen LogP contribution in [-0.4, -0.2) is 19.8 Å². The Labute approximate surface area is 242 Å². The fourth-order valence-electron chi connectivity index (χ4n) is 4.44. The van der Waals surface area contributed by atoms with E-state index in [2.05, 4.69) is 79.9 Å². The molecule has 0 heterocycles. The van der Waals surface area contributed by atoms with Crippen molar-refractivity contribution in [2.45, 2.75) is 58.8 Å². The van der Waals surface area contributed by atoms with Gasteiger partial charge in [0.15, 0.2) is 0 Å². The van der Waals surface area contributed by atoms with E-state index in [1.165, 1.54) is 47.2 Å². The second-order valence-electron chi connectivity index (χ2n) is 10.3. The summed E-state index contributed by atoms with van der Waals surface area (Å²) in [6, 6.07) is 30.2. The van der Waals surface area contributed by atoms with Gasteiger partial charge in [-0.1, -0.05) is 97.3 Å². The fraction of sp³-hybridized carbons (Fsp3) is 0.314. The predicted octanol–water partition coefficient (Wildman–Crippen LogP) is 9.24. The SMILES string of the molecule is CCCc1ccc(C)cc1.COC[C@H](Cc1ccc(C)cc1)Nc1ccccc1NCc1cccc(C(F)(F)F)c1. The van der Waals surface area contributed by atoms with Crippen molar-refractivity contribution in [3.05, 3.63) is 130 Å². The molecule has 1 atom stereocenters. The van der Waals surface area contributed by atoms with Gasteiger partial charge in [0.25, 0.3) is 0 Å². The zero-order valence-corrected chi connectivity index (χ0v) is 24.4. The number of hydrogen-bond donors (Lipinski definition) is 2. The third-order valence-corrected chi connectivity index (χ3v) is 6.65. The number of anilines is 2. The summed E-state index contributed by atoms with van der Waals surface area (Å²) >= 11 is 0. The van der Waals surface area contributed by atoms with Crippen LogP contribution in [0.4, 0.5) is 24.5 Å². The number of alkyl halides is 3. The molecule has 0 bridgehead atoms. The van der Waals surface area contributed by atoms with E-state index < -0.39 is 11.7 Å². The maximum absolute atomic E-state index is 13.0. The zero-order valence-electron chi connectivity index (χ0n) is 24.4. The second-order valence-corrected chi connectivity index (χ2v) is 10.3. The number of halogens is 3. The topological polar surface area (TPSA) is 33.3 Å². The average Bonchev–Trinajstić information content (AvgIpc) is 2.95. The standard InChI is InChI=1S/C25H27F3N2O.C10H14/c1-18-10-12-19(13-11-18)15-22(17-31-2)30-24-9-4-3-8-23(24)29-16-20-6-5-7-21(14-20)25(26,27)28;1-3-4-10-7-5-9(2)6-8-10/h3-14,22,29-30H,15-17H2,1-2H3;5-8H,3-4H2,1-2H3/t22-;/m0./s1. The lowest BCUT2D eigenvalue weighted by Gasteiger charge is -2.22. The lowest BCUT2D eigenvalue weighted by Crippen LogP contribution is -2.28. The van der Waals surface area contributed by atoms with Gasteiger partial charge in [-0.2, -0.15) is 13.2 Å².